The second kappa shape index (κ2) is 6.44. The van der Waals surface area contributed by atoms with E-state index in [0.29, 0.717) is 10.0 Å². The predicted molar refractivity (Wildman–Crippen MR) is 88.0 cm³/mol. The number of aryl methyl sites for hydroxylation is 2. The van der Waals surface area contributed by atoms with Crippen molar-refractivity contribution in [1.82, 2.24) is 10.3 Å². The van der Waals surface area contributed by atoms with E-state index in [1.807, 2.05) is 25.1 Å². The molecule has 0 saturated heterocycles. The fraction of sp³-hybridized carbons (Fsp3) is 0.400. The number of aromatic nitrogens is 1. The summed E-state index contributed by atoms with van der Waals surface area (Å²) in [5, 5.41) is 5.87. The number of hydrogen-bond donors (Lipinski definition) is 1. The summed E-state index contributed by atoms with van der Waals surface area (Å²) < 4.78 is 0. The Balaban J connectivity index is 2.12. The van der Waals surface area contributed by atoms with E-state index >= 15 is 0 Å². The zero-order chi connectivity index (χ0) is 14.9. The van der Waals surface area contributed by atoms with Crippen molar-refractivity contribution in [1.29, 1.82) is 0 Å². The molecule has 0 aliphatic carbocycles. The van der Waals surface area contributed by atoms with Crippen molar-refractivity contribution < 1.29 is 0 Å². The summed E-state index contributed by atoms with van der Waals surface area (Å²) in [5.74, 6) is 0. The lowest BCUT2D eigenvalue weighted by Gasteiger charge is -2.20. The first kappa shape index (κ1) is 15.8. The smallest absolute Gasteiger partial charge is 0.0900 e. The highest BCUT2D eigenvalue weighted by Crippen LogP contribution is 2.29. The number of rotatable bonds is 4. The van der Waals surface area contributed by atoms with Gasteiger partial charge >= 0.3 is 0 Å². The van der Waals surface area contributed by atoms with E-state index in [9.17, 15) is 0 Å². The van der Waals surface area contributed by atoms with Crippen LogP contribution in [0.15, 0.2) is 18.2 Å². The minimum Gasteiger partial charge on any atom is -0.303 e. The van der Waals surface area contributed by atoms with Crippen molar-refractivity contribution in [2.45, 2.75) is 39.8 Å². The molecule has 0 saturated carbocycles. The SMILES string of the molecule is Cc1nc(C)c(C(C)NC(C)c2ccc(Cl)c(Cl)c2)s1. The molecule has 2 unspecified atom stereocenters. The standard InChI is InChI=1S/C15H18Cl2N2S/c1-8(12-5-6-13(16)14(17)7-12)18-9(2)15-10(3)19-11(4)20-15/h5-9,18H,1-4H3. The molecule has 0 radical (unpaired) electrons. The molecule has 0 aliphatic rings. The lowest BCUT2D eigenvalue weighted by molar-refractivity contribution is 0.498. The molecule has 2 aromatic rings. The first-order valence-electron chi connectivity index (χ1n) is 6.53. The van der Waals surface area contributed by atoms with Crippen LogP contribution in [0.1, 0.15) is 47.1 Å². The number of halogens is 2. The predicted octanol–water partition coefficient (Wildman–Crippen LogP) is 5.48. The number of thiazole rings is 1. The molecule has 0 bridgehead atoms. The number of nitrogens with one attached hydrogen (secondary N) is 1. The number of hydrogen-bond acceptors (Lipinski definition) is 3. The van der Waals surface area contributed by atoms with Crippen LogP contribution in [0.2, 0.25) is 10.0 Å². The monoisotopic (exact) mass is 328 g/mol. The van der Waals surface area contributed by atoms with E-state index in [0.717, 1.165) is 16.3 Å². The maximum atomic E-state index is 6.07. The van der Waals surface area contributed by atoms with E-state index in [2.05, 4.69) is 31.1 Å². The van der Waals surface area contributed by atoms with Crippen molar-refractivity contribution >= 4 is 34.5 Å². The minimum absolute atomic E-state index is 0.196. The average molecular weight is 329 g/mol. The third-order valence-electron chi connectivity index (χ3n) is 3.28. The lowest BCUT2D eigenvalue weighted by Crippen LogP contribution is -2.22. The third-order valence-corrected chi connectivity index (χ3v) is 5.27. The lowest BCUT2D eigenvalue weighted by atomic mass is 10.1. The fourth-order valence-corrected chi connectivity index (χ4v) is 3.52. The number of benzene rings is 1. The molecule has 2 nitrogen and oxygen atoms in total. The van der Waals surface area contributed by atoms with Crippen LogP contribution >= 0.6 is 34.5 Å². The molecule has 1 N–H and O–H groups in total. The van der Waals surface area contributed by atoms with Gasteiger partial charge in [0.25, 0.3) is 0 Å². The van der Waals surface area contributed by atoms with Crippen LogP contribution in [0.5, 0.6) is 0 Å². The van der Waals surface area contributed by atoms with Crippen molar-refractivity contribution in [3.05, 3.63) is 49.4 Å². The van der Waals surface area contributed by atoms with E-state index in [1.165, 1.54) is 4.88 Å². The molecule has 2 atom stereocenters. The first-order chi connectivity index (χ1) is 9.38. The van der Waals surface area contributed by atoms with Gasteiger partial charge in [-0.15, -0.1) is 11.3 Å². The second-order valence-corrected chi connectivity index (χ2v) is 7.02. The summed E-state index contributed by atoms with van der Waals surface area (Å²) in [6.45, 7) is 8.38. The molecule has 0 spiro atoms. The minimum atomic E-state index is 0.196. The Morgan fingerprint density at radius 1 is 1.10 bits per heavy atom. The maximum Gasteiger partial charge on any atom is 0.0900 e. The van der Waals surface area contributed by atoms with Crippen LogP contribution in [0, 0.1) is 13.8 Å². The third kappa shape index (κ3) is 3.53. The van der Waals surface area contributed by atoms with Crippen molar-refractivity contribution in [2.24, 2.45) is 0 Å². The molecular formula is C15H18Cl2N2S. The largest absolute Gasteiger partial charge is 0.303 e. The second-order valence-electron chi connectivity index (χ2n) is 4.97. The van der Waals surface area contributed by atoms with Crippen LogP contribution in [-0.4, -0.2) is 4.98 Å². The summed E-state index contributed by atoms with van der Waals surface area (Å²) >= 11 is 13.8. The summed E-state index contributed by atoms with van der Waals surface area (Å²) in [7, 11) is 0. The van der Waals surface area contributed by atoms with Gasteiger partial charge in [0.15, 0.2) is 0 Å². The van der Waals surface area contributed by atoms with Gasteiger partial charge in [-0.05, 0) is 45.4 Å². The molecule has 0 amide bonds. The highest BCUT2D eigenvalue weighted by molar-refractivity contribution is 7.11. The molecule has 1 heterocycles. The van der Waals surface area contributed by atoms with Crippen LogP contribution in [0.25, 0.3) is 0 Å². The van der Waals surface area contributed by atoms with Gasteiger partial charge in [-0.3, -0.25) is 0 Å². The summed E-state index contributed by atoms with van der Waals surface area (Å²) in [6, 6.07) is 6.21. The molecule has 0 fully saturated rings. The number of nitrogens with zero attached hydrogens (tertiary/aromatic N) is 1. The fourth-order valence-electron chi connectivity index (χ4n) is 2.28. The molecule has 1 aromatic carbocycles. The Morgan fingerprint density at radius 3 is 2.35 bits per heavy atom. The van der Waals surface area contributed by atoms with Gasteiger partial charge in [0.1, 0.15) is 0 Å². The summed E-state index contributed by atoms with van der Waals surface area (Å²) in [4.78, 5) is 5.76. The molecule has 108 valence electrons. The van der Waals surface area contributed by atoms with E-state index in [4.69, 9.17) is 23.2 Å². The topological polar surface area (TPSA) is 24.9 Å². The Labute approximate surface area is 134 Å². The van der Waals surface area contributed by atoms with Gasteiger partial charge in [-0.1, -0.05) is 29.3 Å². The first-order valence-corrected chi connectivity index (χ1v) is 8.10. The van der Waals surface area contributed by atoms with Crippen LogP contribution in [0.3, 0.4) is 0 Å². The molecule has 5 heteroatoms. The van der Waals surface area contributed by atoms with Crippen LogP contribution in [-0.2, 0) is 0 Å². The Kier molecular flexibility index (Phi) is 5.08. The Hall–Kier alpha value is -0.610. The average Bonchev–Trinajstić information content (AvgIpc) is 2.71. The molecule has 2 rings (SSSR count). The van der Waals surface area contributed by atoms with Crippen LogP contribution in [0.4, 0.5) is 0 Å². The van der Waals surface area contributed by atoms with E-state index in [1.54, 1.807) is 11.3 Å². The van der Waals surface area contributed by atoms with Crippen molar-refractivity contribution in [3.8, 4) is 0 Å². The quantitative estimate of drug-likeness (QED) is 0.803. The highest BCUT2D eigenvalue weighted by Gasteiger charge is 2.16. The molecule has 1 aromatic heterocycles. The van der Waals surface area contributed by atoms with E-state index in [-0.39, 0.29) is 12.1 Å². The van der Waals surface area contributed by atoms with Gasteiger partial charge in [0.05, 0.1) is 20.7 Å². The summed E-state index contributed by atoms with van der Waals surface area (Å²) in [6.07, 6.45) is 0. The van der Waals surface area contributed by atoms with Gasteiger partial charge in [0, 0.05) is 17.0 Å². The Bertz CT molecular complexity index is 610. The van der Waals surface area contributed by atoms with E-state index < -0.39 is 0 Å². The van der Waals surface area contributed by atoms with Crippen molar-refractivity contribution in [3.63, 3.8) is 0 Å². The Morgan fingerprint density at radius 2 is 1.80 bits per heavy atom. The van der Waals surface area contributed by atoms with Crippen LogP contribution < -0.4 is 5.32 Å². The normalized spacial score (nSPS) is 14.3. The zero-order valence-electron chi connectivity index (χ0n) is 12.0. The van der Waals surface area contributed by atoms with Gasteiger partial charge < -0.3 is 5.32 Å². The van der Waals surface area contributed by atoms with Gasteiger partial charge in [-0.25, -0.2) is 4.98 Å². The highest BCUT2D eigenvalue weighted by atomic mass is 35.5. The zero-order valence-corrected chi connectivity index (χ0v) is 14.3. The van der Waals surface area contributed by atoms with Gasteiger partial charge in [0.2, 0.25) is 0 Å². The molecular weight excluding hydrogens is 311 g/mol. The van der Waals surface area contributed by atoms with Crippen molar-refractivity contribution in [2.75, 3.05) is 0 Å². The molecule has 20 heavy (non-hydrogen) atoms. The maximum absolute atomic E-state index is 6.07. The summed E-state index contributed by atoms with van der Waals surface area (Å²) in [5.41, 5.74) is 2.24. The molecule has 0 aliphatic heterocycles. The van der Waals surface area contributed by atoms with Gasteiger partial charge in [-0.2, -0.15) is 0 Å².